The number of esters is 1. The molecule has 2 unspecified atom stereocenters. The van der Waals surface area contributed by atoms with Gasteiger partial charge in [-0.1, -0.05) is 288 Å². The van der Waals surface area contributed by atoms with Gasteiger partial charge in [-0.25, -0.2) is 0 Å². The Hall–Kier alpha value is -1.92. The monoisotopic (exact) mass is 970 g/mol. The van der Waals surface area contributed by atoms with Crippen molar-refractivity contribution in [1.29, 1.82) is 0 Å². The van der Waals surface area contributed by atoms with Crippen LogP contribution in [0.3, 0.4) is 0 Å². The fourth-order valence-corrected chi connectivity index (χ4v) is 9.43. The second-order valence-electron chi connectivity index (χ2n) is 21.0. The quantitative estimate of drug-likeness (QED) is 0.0321. The van der Waals surface area contributed by atoms with Crippen molar-refractivity contribution in [2.24, 2.45) is 0 Å². The van der Waals surface area contributed by atoms with Crippen LogP contribution in [0.2, 0.25) is 0 Å². The molecule has 0 heterocycles. The number of carbonyl (C=O) groups is 2. The van der Waals surface area contributed by atoms with Crippen LogP contribution in [0.1, 0.15) is 328 Å². The summed E-state index contributed by atoms with van der Waals surface area (Å²) in [5.74, 6) is -0.107. The molecule has 0 saturated heterocycles. The topological polar surface area (TPSA) is 95.9 Å². The van der Waals surface area contributed by atoms with Crippen LogP contribution in [0.4, 0.5) is 0 Å². The van der Waals surface area contributed by atoms with Gasteiger partial charge in [-0.3, -0.25) is 9.59 Å². The Morgan fingerprint density at radius 3 is 1.13 bits per heavy atom. The van der Waals surface area contributed by atoms with Crippen molar-refractivity contribution in [2.45, 2.75) is 341 Å². The second kappa shape index (κ2) is 58.6. The maximum atomic E-state index is 12.5. The van der Waals surface area contributed by atoms with E-state index in [0.29, 0.717) is 19.4 Å². The van der Waals surface area contributed by atoms with Gasteiger partial charge in [0.15, 0.2) is 0 Å². The van der Waals surface area contributed by atoms with E-state index < -0.39 is 12.1 Å². The third-order valence-electron chi connectivity index (χ3n) is 14.2. The van der Waals surface area contributed by atoms with Crippen molar-refractivity contribution in [2.75, 3.05) is 13.2 Å². The average molecular weight is 971 g/mol. The molecule has 0 rings (SSSR count). The van der Waals surface area contributed by atoms with E-state index in [4.69, 9.17) is 4.74 Å². The minimum atomic E-state index is -0.859. The van der Waals surface area contributed by atoms with Gasteiger partial charge in [0.25, 0.3) is 0 Å². The predicted molar refractivity (Wildman–Crippen MR) is 301 cm³/mol. The number of rotatable bonds is 57. The number of aliphatic hydroxyl groups excluding tert-OH is 2. The van der Waals surface area contributed by atoms with Crippen LogP contribution in [0.25, 0.3) is 0 Å². The third-order valence-corrected chi connectivity index (χ3v) is 14.2. The molecule has 0 spiro atoms. The molecule has 0 radical (unpaired) electrons. The van der Waals surface area contributed by atoms with E-state index in [0.717, 1.165) is 64.2 Å². The molecule has 3 N–H and O–H groups in total. The third kappa shape index (κ3) is 55.2. The first-order valence-electron chi connectivity index (χ1n) is 30.8. The first-order valence-corrected chi connectivity index (χ1v) is 30.8. The summed E-state index contributed by atoms with van der Waals surface area (Å²) in [4.78, 5) is 24.6. The van der Waals surface area contributed by atoms with Crippen molar-refractivity contribution in [3.05, 3.63) is 36.5 Å². The van der Waals surface area contributed by atoms with Gasteiger partial charge >= 0.3 is 5.97 Å². The molecular formula is C63H119NO5. The van der Waals surface area contributed by atoms with Crippen LogP contribution in [0, 0.1) is 0 Å². The summed E-state index contributed by atoms with van der Waals surface area (Å²) in [5, 5.41) is 23.2. The maximum Gasteiger partial charge on any atom is 0.305 e. The predicted octanol–water partition coefficient (Wildman–Crippen LogP) is 19.2. The van der Waals surface area contributed by atoms with Gasteiger partial charge in [-0.05, 0) is 64.2 Å². The Balaban J connectivity index is 3.49. The van der Waals surface area contributed by atoms with E-state index in [1.165, 1.54) is 238 Å². The van der Waals surface area contributed by atoms with E-state index in [1.54, 1.807) is 6.08 Å². The van der Waals surface area contributed by atoms with Crippen LogP contribution < -0.4 is 5.32 Å². The normalized spacial score (nSPS) is 12.8. The first-order chi connectivity index (χ1) is 34.0. The zero-order valence-electron chi connectivity index (χ0n) is 46.3. The summed E-state index contributed by atoms with van der Waals surface area (Å²) in [6.07, 6.45) is 73.1. The highest BCUT2D eigenvalue weighted by Gasteiger charge is 2.18. The second-order valence-corrected chi connectivity index (χ2v) is 21.0. The highest BCUT2D eigenvalue weighted by molar-refractivity contribution is 5.76. The molecule has 1 amide bonds. The van der Waals surface area contributed by atoms with E-state index in [9.17, 15) is 19.8 Å². The van der Waals surface area contributed by atoms with Gasteiger partial charge in [0.05, 0.1) is 25.4 Å². The number of allylic oxidation sites excluding steroid dienone is 5. The van der Waals surface area contributed by atoms with Gasteiger partial charge < -0.3 is 20.3 Å². The fraction of sp³-hybridized carbons (Fsp3) is 0.873. The first kappa shape index (κ1) is 67.1. The number of unbranched alkanes of at least 4 members (excludes halogenated alkanes) is 42. The van der Waals surface area contributed by atoms with Gasteiger partial charge in [0, 0.05) is 12.8 Å². The fourth-order valence-electron chi connectivity index (χ4n) is 9.43. The highest BCUT2D eigenvalue weighted by atomic mass is 16.5. The van der Waals surface area contributed by atoms with Gasteiger partial charge in [0.1, 0.15) is 0 Å². The van der Waals surface area contributed by atoms with E-state index in [2.05, 4.69) is 43.5 Å². The molecule has 0 aromatic carbocycles. The minimum Gasteiger partial charge on any atom is -0.466 e. The van der Waals surface area contributed by atoms with Crippen molar-refractivity contribution in [3.63, 3.8) is 0 Å². The smallest absolute Gasteiger partial charge is 0.305 e. The van der Waals surface area contributed by atoms with Crippen molar-refractivity contribution in [3.8, 4) is 0 Å². The minimum absolute atomic E-state index is 0.0225. The Morgan fingerprint density at radius 2 is 0.725 bits per heavy atom. The Kier molecular flexibility index (Phi) is 57.0. The molecule has 0 fully saturated rings. The van der Waals surface area contributed by atoms with Gasteiger partial charge in [-0.2, -0.15) is 0 Å². The lowest BCUT2D eigenvalue weighted by Crippen LogP contribution is -2.45. The SMILES string of the molecule is CCCCC/C=C\C/C=C\CCCCCCCCCC(=O)OCCCCCCCCCCCCCC(=O)NC(CO)C(O)/C=C/CCCCCCCCCCCCCCCCCCCCCCCC. The Bertz CT molecular complexity index is 1120. The number of ether oxygens (including phenoxy) is 1. The number of hydrogen-bond donors (Lipinski definition) is 3. The molecule has 0 aromatic heterocycles. The lowest BCUT2D eigenvalue weighted by Gasteiger charge is -2.20. The molecule has 6 heteroatoms. The summed E-state index contributed by atoms with van der Waals surface area (Å²) in [6.45, 7) is 4.85. The number of carbonyl (C=O) groups excluding carboxylic acids is 2. The molecule has 0 bridgehead atoms. The molecule has 0 aromatic rings. The Morgan fingerprint density at radius 1 is 0.406 bits per heavy atom. The summed E-state index contributed by atoms with van der Waals surface area (Å²) in [6, 6.07) is -0.644. The summed E-state index contributed by atoms with van der Waals surface area (Å²) in [5.41, 5.74) is 0. The Labute approximate surface area is 430 Å². The molecular weight excluding hydrogens is 851 g/mol. The van der Waals surface area contributed by atoms with Crippen molar-refractivity contribution >= 4 is 11.9 Å². The van der Waals surface area contributed by atoms with Crippen LogP contribution in [-0.2, 0) is 14.3 Å². The summed E-state index contributed by atoms with van der Waals surface area (Å²) in [7, 11) is 0. The molecule has 69 heavy (non-hydrogen) atoms. The van der Waals surface area contributed by atoms with E-state index >= 15 is 0 Å². The molecule has 0 aliphatic heterocycles. The molecule has 406 valence electrons. The average Bonchev–Trinajstić information content (AvgIpc) is 3.35. The standard InChI is InChI=1S/C63H119NO5/c1-3-5-7-9-11-13-15-17-19-21-22-23-24-25-26-27-29-30-32-35-39-43-47-51-55-61(66)60(59-65)64-62(67)56-52-48-44-40-36-34-38-42-46-50-54-58-69-63(68)57-53-49-45-41-37-33-31-28-20-18-16-14-12-10-8-6-4-2/h12,14,18,20,51,55,60-61,65-66H,3-11,13,15-17,19,21-50,52-54,56-59H2,1-2H3,(H,64,67)/b14-12-,20-18-,55-51+. The molecule has 0 aliphatic rings. The zero-order chi connectivity index (χ0) is 50.0. The lowest BCUT2D eigenvalue weighted by molar-refractivity contribution is -0.143. The number of aliphatic hydroxyl groups is 2. The van der Waals surface area contributed by atoms with Crippen LogP contribution in [0.15, 0.2) is 36.5 Å². The van der Waals surface area contributed by atoms with Crippen molar-refractivity contribution in [1.82, 2.24) is 5.32 Å². The summed E-state index contributed by atoms with van der Waals surface area (Å²) >= 11 is 0. The summed E-state index contributed by atoms with van der Waals surface area (Å²) < 4.78 is 5.47. The van der Waals surface area contributed by atoms with Crippen molar-refractivity contribution < 1.29 is 24.5 Å². The van der Waals surface area contributed by atoms with Crippen LogP contribution in [-0.4, -0.2) is 47.4 Å². The van der Waals surface area contributed by atoms with Gasteiger partial charge in [0.2, 0.25) is 5.91 Å². The van der Waals surface area contributed by atoms with E-state index in [1.807, 2.05) is 6.08 Å². The number of nitrogens with one attached hydrogen (secondary N) is 1. The maximum absolute atomic E-state index is 12.5. The largest absolute Gasteiger partial charge is 0.466 e. The molecule has 6 nitrogen and oxygen atoms in total. The van der Waals surface area contributed by atoms with Crippen LogP contribution >= 0.6 is 0 Å². The van der Waals surface area contributed by atoms with E-state index in [-0.39, 0.29) is 18.5 Å². The lowest BCUT2D eigenvalue weighted by atomic mass is 10.0. The zero-order valence-corrected chi connectivity index (χ0v) is 46.3. The van der Waals surface area contributed by atoms with Gasteiger partial charge in [-0.15, -0.1) is 0 Å². The molecule has 2 atom stereocenters. The number of amides is 1. The molecule has 0 saturated carbocycles. The van der Waals surface area contributed by atoms with Crippen LogP contribution in [0.5, 0.6) is 0 Å². The molecule has 0 aliphatic carbocycles. The number of hydrogen-bond acceptors (Lipinski definition) is 5. The highest BCUT2D eigenvalue weighted by Crippen LogP contribution is 2.17.